The molecule has 25 heavy (non-hydrogen) atoms. The van der Waals surface area contributed by atoms with E-state index in [-0.39, 0.29) is 0 Å². The number of hydrogen-bond acceptors (Lipinski definition) is 5. The van der Waals surface area contributed by atoms with Crippen LogP contribution in [0.3, 0.4) is 0 Å². The van der Waals surface area contributed by atoms with Crippen molar-refractivity contribution in [2.45, 2.75) is 90.1 Å². The van der Waals surface area contributed by atoms with Crippen molar-refractivity contribution in [1.29, 1.82) is 0 Å². The van der Waals surface area contributed by atoms with Gasteiger partial charge in [0.05, 0.1) is 6.61 Å². The number of hydrogen-bond donors (Lipinski definition) is 0. The zero-order valence-electron chi connectivity index (χ0n) is 16.4. The molecule has 0 bridgehead atoms. The molecule has 6 heteroatoms. The van der Waals surface area contributed by atoms with Crippen molar-refractivity contribution >= 4 is 0 Å². The summed E-state index contributed by atoms with van der Waals surface area (Å²) in [5.41, 5.74) is 0. The fraction of sp³-hybridized carbons (Fsp3) is 1.00. The predicted octanol–water partition coefficient (Wildman–Crippen LogP) is 3.88. The molecule has 0 aromatic rings. The first-order valence-corrected chi connectivity index (χ1v) is 9.82. The zero-order valence-corrected chi connectivity index (χ0v) is 16.4. The first-order valence-electron chi connectivity index (χ1n) is 9.82. The second-order valence-electron chi connectivity index (χ2n) is 6.53. The van der Waals surface area contributed by atoms with Gasteiger partial charge in [0.25, 0.3) is 0 Å². The number of alkyl halides is 1. The van der Waals surface area contributed by atoms with E-state index in [2.05, 4.69) is 20.8 Å². The summed E-state index contributed by atoms with van der Waals surface area (Å²) in [5.74, 6) is 0. The van der Waals surface area contributed by atoms with Gasteiger partial charge in [-0.2, -0.15) is 0 Å². The van der Waals surface area contributed by atoms with E-state index in [1.807, 2.05) is 0 Å². The molecule has 5 atom stereocenters. The van der Waals surface area contributed by atoms with E-state index >= 15 is 4.39 Å². The third kappa shape index (κ3) is 7.87. The average molecular weight is 364 g/mol. The molecule has 1 aliphatic heterocycles. The van der Waals surface area contributed by atoms with Crippen LogP contribution >= 0.6 is 0 Å². The molecule has 1 rings (SSSR count). The molecule has 0 unspecified atom stereocenters. The van der Waals surface area contributed by atoms with E-state index in [0.717, 1.165) is 38.5 Å². The van der Waals surface area contributed by atoms with E-state index in [4.69, 9.17) is 23.7 Å². The molecule has 0 radical (unpaired) electrons. The van der Waals surface area contributed by atoms with E-state index in [9.17, 15) is 0 Å². The lowest BCUT2D eigenvalue weighted by Gasteiger charge is -2.42. The highest BCUT2D eigenvalue weighted by molar-refractivity contribution is 4.92. The minimum absolute atomic E-state index is 0.304. The molecule has 0 spiro atoms. The van der Waals surface area contributed by atoms with Gasteiger partial charge >= 0.3 is 0 Å². The summed E-state index contributed by atoms with van der Waals surface area (Å²) in [6, 6.07) is 0. The second kappa shape index (κ2) is 13.9. The summed E-state index contributed by atoms with van der Waals surface area (Å²) in [4.78, 5) is 0. The Kier molecular flexibility index (Phi) is 12.6. The topological polar surface area (TPSA) is 46.2 Å². The van der Waals surface area contributed by atoms with Crippen LogP contribution in [0.5, 0.6) is 0 Å². The van der Waals surface area contributed by atoms with Crippen molar-refractivity contribution in [3.8, 4) is 0 Å². The third-order valence-electron chi connectivity index (χ3n) is 4.34. The molecular weight excluding hydrogens is 327 g/mol. The summed E-state index contributed by atoms with van der Waals surface area (Å²) in [6.45, 7) is 8.20. The number of rotatable bonds is 14. The van der Waals surface area contributed by atoms with Crippen LogP contribution in [-0.2, 0) is 23.7 Å². The van der Waals surface area contributed by atoms with Gasteiger partial charge in [0.1, 0.15) is 18.3 Å². The highest BCUT2D eigenvalue weighted by Crippen LogP contribution is 2.29. The molecule has 0 amide bonds. The van der Waals surface area contributed by atoms with Gasteiger partial charge in [-0.05, 0) is 19.3 Å². The summed E-state index contributed by atoms with van der Waals surface area (Å²) in [7, 11) is 1.51. The zero-order chi connectivity index (χ0) is 18.5. The molecule has 1 fully saturated rings. The van der Waals surface area contributed by atoms with Crippen molar-refractivity contribution in [2.75, 3.05) is 33.5 Å². The maximum Gasteiger partial charge on any atom is 0.186 e. The largest absolute Gasteiger partial charge is 0.379 e. The molecule has 1 aliphatic rings. The normalized spacial score (nSPS) is 29.9. The second-order valence-corrected chi connectivity index (χ2v) is 6.53. The molecule has 0 aromatic carbocycles. The van der Waals surface area contributed by atoms with Crippen LogP contribution in [0.25, 0.3) is 0 Å². The Morgan fingerprint density at radius 2 is 1.40 bits per heavy atom. The Hall–Kier alpha value is -0.270. The van der Waals surface area contributed by atoms with Crippen molar-refractivity contribution in [1.82, 2.24) is 0 Å². The van der Waals surface area contributed by atoms with Gasteiger partial charge in [-0.3, -0.25) is 0 Å². The lowest BCUT2D eigenvalue weighted by atomic mass is 10.00. The third-order valence-corrected chi connectivity index (χ3v) is 4.34. The first kappa shape index (κ1) is 22.8. The summed E-state index contributed by atoms with van der Waals surface area (Å²) >= 11 is 0. The summed E-state index contributed by atoms with van der Waals surface area (Å²) < 4.78 is 43.6. The molecule has 0 N–H and O–H groups in total. The maximum absolute atomic E-state index is 15.2. The standard InChI is InChI=1S/C19H37FO5/c1-5-8-11-22-14-15-17(23-12-9-6-2)16(20)18(19(21-4)25-15)24-13-10-7-3/h15-19H,5-14H2,1-4H3/t15-,16-,17-,18-,19-/m1/s1. The van der Waals surface area contributed by atoms with Crippen LogP contribution in [-0.4, -0.2) is 64.3 Å². The van der Waals surface area contributed by atoms with Gasteiger partial charge in [-0.25, -0.2) is 4.39 Å². The van der Waals surface area contributed by atoms with Gasteiger partial charge in [0.15, 0.2) is 12.5 Å². The van der Waals surface area contributed by atoms with Crippen LogP contribution in [0.4, 0.5) is 4.39 Å². The number of methoxy groups -OCH3 is 1. The first-order chi connectivity index (χ1) is 12.2. The molecular formula is C19H37FO5. The van der Waals surface area contributed by atoms with Crippen LogP contribution in [0.1, 0.15) is 59.3 Å². The van der Waals surface area contributed by atoms with Crippen LogP contribution < -0.4 is 0 Å². The van der Waals surface area contributed by atoms with Crippen LogP contribution in [0, 0.1) is 0 Å². The Bertz CT molecular complexity index is 316. The molecule has 0 aliphatic carbocycles. The van der Waals surface area contributed by atoms with E-state index in [1.165, 1.54) is 7.11 Å². The number of halogens is 1. The van der Waals surface area contributed by atoms with Crippen LogP contribution in [0.15, 0.2) is 0 Å². The number of ether oxygens (including phenoxy) is 5. The lowest BCUT2D eigenvalue weighted by molar-refractivity contribution is -0.301. The SMILES string of the molecule is CCCCOC[C@H]1O[C@@H](OC)[C@H](OCCCC)[C@H](F)[C@@H]1OCCCC. The fourth-order valence-corrected chi connectivity index (χ4v) is 2.74. The molecule has 5 nitrogen and oxygen atoms in total. The van der Waals surface area contributed by atoms with Crippen molar-refractivity contribution in [3.05, 3.63) is 0 Å². The molecule has 0 aromatic heterocycles. The minimum Gasteiger partial charge on any atom is -0.379 e. The molecule has 1 heterocycles. The van der Waals surface area contributed by atoms with Gasteiger partial charge in [0.2, 0.25) is 0 Å². The monoisotopic (exact) mass is 364 g/mol. The van der Waals surface area contributed by atoms with Gasteiger partial charge in [-0.15, -0.1) is 0 Å². The van der Waals surface area contributed by atoms with Crippen molar-refractivity contribution in [2.24, 2.45) is 0 Å². The molecule has 0 saturated carbocycles. The minimum atomic E-state index is -1.30. The maximum atomic E-state index is 15.2. The smallest absolute Gasteiger partial charge is 0.186 e. The Balaban J connectivity index is 2.69. The quantitative estimate of drug-likeness (QED) is 0.438. The van der Waals surface area contributed by atoms with Gasteiger partial charge in [0, 0.05) is 26.9 Å². The molecule has 150 valence electrons. The fourth-order valence-electron chi connectivity index (χ4n) is 2.74. The average Bonchev–Trinajstić information content (AvgIpc) is 2.62. The Labute approximate surface area is 152 Å². The van der Waals surface area contributed by atoms with Gasteiger partial charge < -0.3 is 23.7 Å². The lowest BCUT2D eigenvalue weighted by Crippen LogP contribution is -2.59. The van der Waals surface area contributed by atoms with Gasteiger partial charge in [-0.1, -0.05) is 40.0 Å². The van der Waals surface area contributed by atoms with E-state index in [1.54, 1.807) is 0 Å². The predicted molar refractivity (Wildman–Crippen MR) is 95.6 cm³/mol. The van der Waals surface area contributed by atoms with Crippen molar-refractivity contribution < 1.29 is 28.1 Å². The Morgan fingerprint density at radius 1 is 0.840 bits per heavy atom. The highest BCUT2D eigenvalue weighted by Gasteiger charge is 2.48. The van der Waals surface area contributed by atoms with E-state index in [0.29, 0.717) is 26.4 Å². The van der Waals surface area contributed by atoms with Crippen molar-refractivity contribution in [3.63, 3.8) is 0 Å². The molecule has 1 saturated heterocycles. The highest BCUT2D eigenvalue weighted by atomic mass is 19.1. The Morgan fingerprint density at radius 3 is 1.96 bits per heavy atom. The summed E-state index contributed by atoms with van der Waals surface area (Å²) in [5, 5.41) is 0. The number of unbranched alkanes of at least 4 members (excludes halogenated alkanes) is 3. The van der Waals surface area contributed by atoms with E-state index < -0.39 is 30.8 Å². The summed E-state index contributed by atoms with van der Waals surface area (Å²) in [6.07, 6.45) is 1.81. The van der Waals surface area contributed by atoms with Crippen LogP contribution in [0.2, 0.25) is 0 Å².